The van der Waals surface area contributed by atoms with Crippen molar-refractivity contribution in [2.45, 2.75) is 6.92 Å². The smallest absolute Gasteiger partial charge is 0.339 e. The molecule has 21 heavy (non-hydrogen) atoms. The van der Waals surface area contributed by atoms with Crippen LogP contribution in [0.25, 0.3) is 0 Å². The van der Waals surface area contributed by atoms with E-state index in [0.29, 0.717) is 24.3 Å². The van der Waals surface area contributed by atoms with Gasteiger partial charge in [-0.1, -0.05) is 19.1 Å². The minimum Gasteiger partial charge on any atom is -0.465 e. The molecule has 0 radical (unpaired) electrons. The molecule has 1 aliphatic rings. The van der Waals surface area contributed by atoms with E-state index in [1.165, 1.54) is 7.11 Å². The van der Waals surface area contributed by atoms with E-state index in [1.807, 2.05) is 0 Å². The number of likely N-dealkylation sites (N-methyl/N-ethyl adjacent to an activating group) is 1. The van der Waals surface area contributed by atoms with Crippen LogP contribution in [0.1, 0.15) is 17.3 Å². The van der Waals surface area contributed by atoms with Crippen LogP contribution in [0.2, 0.25) is 0 Å². The summed E-state index contributed by atoms with van der Waals surface area (Å²) in [6, 6.07) is 6.67. The highest BCUT2D eigenvalue weighted by atomic mass is 16.5. The number of piperazine rings is 1. The third kappa shape index (κ3) is 3.72. The highest BCUT2D eigenvalue weighted by Gasteiger charge is 2.21. The number of hydrogen-bond acceptors (Lipinski definition) is 4. The maximum Gasteiger partial charge on any atom is 0.339 e. The Labute approximate surface area is 124 Å². The molecule has 1 aromatic rings. The van der Waals surface area contributed by atoms with Crippen molar-refractivity contribution in [3.8, 4) is 0 Å². The van der Waals surface area contributed by atoms with Gasteiger partial charge in [0.1, 0.15) is 0 Å². The summed E-state index contributed by atoms with van der Waals surface area (Å²) in [5, 5.41) is 2.80. The van der Waals surface area contributed by atoms with Crippen LogP contribution < -0.4 is 5.32 Å². The number of urea groups is 1. The van der Waals surface area contributed by atoms with Crippen molar-refractivity contribution in [2.75, 3.05) is 45.2 Å². The summed E-state index contributed by atoms with van der Waals surface area (Å²) in [4.78, 5) is 28.0. The molecule has 0 spiro atoms. The largest absolute Gasteiger partial charge is 0.465 e. The highest BCUT2D eigenvalue weighted by Crippen LogP contribution is 2.17. The second-order valence-electron chi connectivity index (χ2n) is 4.89. The Morgan fingerprint density at radius 1 is 1.19 bits per heavy atom. The van der Waals surface area contributed by atoms with Gasteiger partial charge in [0.15, 0.2) is 0 Å². The summed E-state index contributed by atoms with van der Waals surface area (Å²) in [5.74, 6) is -0.457. The number of anilines is 1. The fraction of sp³-hybridized carbons (Fsp3) is 0.467. The zero-order valence-electron chi connectivity index (χ0n) is 12.5. The topological polar surface area (TPSA) is 61.9 Å². The Morgan fingerprint density at radius 2 is 1.86 bits per heavy atom. The van der Waals surface area contributed by atoms with Gasteiger partial charge < -0.3 is 19.9 Å². The van der Waals surface area contributed by atoms with Gasteiger partial charge in [-0.25, -0.2) is 9.59 Å². The monoisotopic (exact) mass is 291 g/mol. The van der Waals surface area contributed by atoms with Crippen LogP contribution in [-0.2, 0) is 4.74 Å². The minimum absolute atomic E-state index is 0.179. The molecule has 1 fully saturated rings. The highest BCUT2D eigenvalue weighted by molar-refractivity contribution is 6.00. The Bertz CT molecular complexity index is 511. The SMILES string of the molecule is CCN1CCN(C(=O)Nc2ccccc2C(=O)OC)CC1. The van der Waals surface area contributed by atoms with E-state index in [9.17, 15) is 9.59 Å². The number of esters is 1. The number of carbonyl (C=O) groups is 2. The molecule has 0 aromatic heterocycles. The van der Waals surface area contributed by atoms with Gasteiger partial charge >= 0.3 is 12.0 Å². The summed E-state index contributed by atoms with van der Waals surface area (Å²) in [6.07, 6.45) is 0. The molecule has 6 nitrogen and oxygen atoms in total. The van der Waals surface area contributed by atoms with Gasteiger partial charge in [-0.05, 0) is 18.7 Å². The van der Waals surface area contributed by atoms with E-state index in [1.54, 1.807) is 29.2 Å². The fourth-order valence-corrected chi connectivity index (χ4v) is 2.34. The molecule has 0 bridgehead atoms. The molecule has 1 saturated heterocycles. The van der Waals surface area contributed by atoms with Crippen LogP contribution in [0, 0.1) is 0 Å². The predicted octanol–water partition coefficient (Wildman–Crippen LogP) is 1.64. The third-order valence-corrected chi connectivity index (χ3v) is 3.68. The van der Waals surface area contributed by atoms with Crippen LogP contribution >= 0.6 is 0 Å². The maximum atomic E-state index is 12.3. The molecule has 1 heterocycles. The number of amides is 2. The van der Waals surface area contributed by atoms with Gasteiger partial charge in [-0.15, -0.1) is 0 Å². The summed E-state index contributed by atoms with van der Waals surface area (Å²) in [7, 11) is 1.32. The molecule has 1 aliphatic heterocycles. The Morgan fingerprint density at radius 3 is 2.48 bits per heavy atom. The number of nitrogens with zero attached hydrogens (tertiary/aromatic N) is 2. The first kappa shape index (κ1) is 15.3. The maximum absolute atomic E-state index is 12.3. The van der Waals surface area contributed by atoms with Crippen LogP contribution in [-0.4, -0.2) is 61.6 Å². The Balaban J connectivity index is 2.02. The fourth-order valence-electron chi connectivity index (χ4n) is 2.34. The van der Waals surface area contributed by atoms with E-state index >= 15 is 0 Å². The van der Waals surface area contributed by atoms with E-state index < -0.39 is 5.97 Å². The number of nitrogens with one attached hydrogen (secondary N) is 1. The number of benzene rings is 1. The van der Waals surface area contributed by atoms with Crippen molar-refractivity contribution in [3.63, 3.8) is 0 Å². The zero-order valence-corrected chi connectivity index (χ0v) is 12.5. The first-order valence-electron chi connectivity index (χ1n) is 7.11. The van der Waals surface area contributed by atoms with Gasteiger partial charge in [-0.2, -0.15) is 0 Å². The van der Waals surface area contributed by atoms with Gasteiger partial charge in [0.2, 0.25) is 0 Å². The van der Waals surface area contributed by atoms with Gasteiger partial charge in [0, 0.05) is 26.2 Å². The average molecular weight is 291 g/mol. The predicted molar refractivity (Wildman–Crippen MR) is 80.5 cm³/mol. The molecule has 0 atom stereocenters. The number of methoxy groups -OCH3 is 1. The third-order valence-electron chi connectivity index (χ3n) is 3.68. The van der Waals surface area contributed by atoms with E-state index in [4.69, 9.17) is 4.74 Å². The molecular weight excluding hydrogens is 270 g/mol. The van der Waals surface area contributed by atoms with E-state index in [0.717, 1.165) is 19.6 Å². The first-order valence-corrected chi connectivity index (χ1v) is 7.11. The van der Waals surface area contributed by atoms with Gasteiger partial charge in [0.25, 0.3) is 0 Å². The molecule has 2 rings (SSSR count). The number of carbonyl (C=O) groups excluding carboxylic acids is 2. The Hall–Kier alpha value is -2.08. The standard InChI is InChI=1S/C15H21N3O3/c1-3-17-8-10-18(11-9-17)15(20)16-13-7-5-4-6-12(13)14(19)21-2/h4-7H,3,8-11H2,1-2H3,(H,16,20). The van der Waals surface area contributed by atoms with Crippen molar-refractivity contribution < 1.29 is 14.3 Å². The molecule has 2 amide bonds. The summed E-state index contributed by atoms with van der Waals surface area (Å²) < 4.78 is 4.72. The minimum atomic E-state index is -0.457. The number of para-hydroxylation sites is 1. The lowest BCUT2D eigenvalue weighted by molar-refractivity contribution is 0.0602. The number of rotatable bonds is 3. The number of ether oxygens (including phenoxy) is 1. The molecule has 0 unspecified atom stereocenters. The average Bonchev–Trinajstić information content (AvgIpc) is 2.54. The van der Waals surface area contributed by atoms with E-state index in [2.05, 4.69) is 17.1 Å². The van der Waals surface area contributed by atoms with Crippen LogP contribution in [0.3, 0.4) is 0 Å². The second kappa shape index (κ2) is 7.08. The van der Waals surface area contributed by atoms with Crippen molar-refractivity contribution in [1.82, 2.24) is 9.80 Å². The Kier molecular flexibility index (Phi) is 5.16. The molecule has 114 valence electrons. The normalized spacial score (nSPS) is 15.6. The summed E-state index contributed by atoms with van der Waals surface area (Å²) >= 11 is 0. The van der Waals surface area contributed by atoms with Crippen molar-refractivity contribution in [3.05, 3.63) is 29.8 Å². The van der Waals surface area contributed by atoms with E-state index in [-0.39, 0.29) is 6.03 Å². The quantitative estimate of drug-likeness (QED) is 0.860. The first-order chi connectivity index (χ1) is 10.2. The molecule has 0 aliphatic carbocycles. The number of hydrogen-bond donors (Lipinski definition) is 1. The van der Waals surface area contributed by atoms with Gasteiger partial charge in [0.05, 0.1) is 18.4 Å². The van der Waals surface area contributed by atoms with Gasteiger partial charge in [-0.3, -0.25) is 0 Å². The second-order valence-corrected chi connectivity index (χ2v) is 4.89. The van der Waals surface area contributed by atoms with Crippen LogP contribution in [0.15, 0.2) is 24.3 Å². The lowest BCUT2D eigenvalue weighted by Crippen LogP contribution is -2.49. The van der Waals surface area contributed by atoms with Crippen molar-refractivity contribution >= 4 is 17.7 Å². The molecular formula is C15H21N3O3. The zero-order chi connectivity index (χ0) is 15.2. The molecule has 1 aromatic carbocycles. The molecule has 0 saturated carbocycles. The lowest BCUT2D eigenvalue weighted by Gasteiger charge is -2.34. The summed E-state index contributed by atoms with van der Waals surface area (Å²) in [5.41, 5.74) is 0.841. The van der Waals surface area contributed by atoms with Crippen LogP contribution in [0.4, 0.5) is 10.5 Å². The molecule has 1 N–H and O–H groups in total. The summed E-state index contributed by atoms with van der Waals surface area (Å²) in [6.45, 7) is 6.26. The van der Waals surface area contributed by atoms with Crippen molar-refractivity contribution in [1.29, 1.82) is 0 Å². The lowest BCUT2D eigenvalue weighted by atomic mass is 10.2. The van der Waals surface area contributed by atoms with Crippen molar-refractivity contribution in [2.24, 2.45) is 0 Å². The van der Waals surface area contributed by atoms with Crippen LogP contribution in [0.5, 0.6) is 0 Å². The molecule has 6 heteroatoms.